The summed E-state index contributed by atoms with van der Waals surface area (Å²) >= 11 is 0. The van der Waals surface area contributed by atoms with Crippen LogP contribution in [0.1, 0.15) is 323 Å². The minimum atomic E-state index is -5.00. The highest BCUT2D eigenvalue weighted by molar-refractivity contribution is 7.47. The van der Waals surface area contributed by atoms with Gasteiger partial charge in [-0.25, -0.2) is 9.13 Å². The van der Waals surface area contributed by atoms with Crippen molar-refractivity contribution in [3.8, 4) is 0 Å². The number of esters is 4. The van der Waals surface area contributed by atoms with E-state index >= 15 is 0 Å². The summed E-state index contributed by atoms with van der Waals surface area (Å²) in [4.78, 5) is 73.0. The molecule has 104 heavy (non-hydrogen) atoms. The average Bonchev–Trinajstić information content (AvgIpc) is 0.911. The third-order valence-corrected chi connectivity index (χ3v) is 18.5. The van der Waals surface area contributed by atoms with Crippen LogP contribution in [0.3, 0.4) is 0 Å². The zero-order valence-electron chi connectivity index (χ0n) is 65.2. The minimum absolute atomic E-state index is 0.00558. The van der Waals surface area contributed by atoms with Gasteiger partial charge in [-0.3, -0.25) is 37.3 Å². The van der Waals surface area contributed by atoms with E-state index in [4.69, 9.17) is 37.0 Å². The van der Waals surface area contributed by atoms with Crippen molar-refractivity contribution in [3.63, 3.8) is 0 Å². The van der Waals surface area contributed by atoms with E-state index in [0.717, 1.165) is 148 Å². The molecule has 0 aliphatic rings. The van der Waals surface area contributed by atoms with E-state index in [1.54, 1.807) is 0 Å². The number of carbonyl (C=O) groups excluding carboxylic acids is 4. The Morgan fingerprint density at radius 2 is 0.510 bits per heavy atom. The van der Waals surface area contributed by atoms with Crippen LogP contribution in [0.15, 0.2) is 134 Å². The summed E-state index contributed by atoms with van der Waals surface area (Å²) in [6.07, 6.45) is 85.8. The number of phosphoric acid groups is 2. The maximum Gasteiger partial charge on any atom is 0.472 e. The van der Waals surface area contributed by atoms with Gasteiger partial charge >= 0.3 is 39.5 Å². The Labute approximate surface area is 631 Å². The van der Waals surface area contributed by atoms with Gasteiger partial charge < -0.3 is 33.8 Å². The molecular formula is C85H144O17P2. The monoisotopic (exact) mass is 1500 g/mol. The van der Waals surface area contributed by atoms with Crippen molar-refractivity contribution in [2.45, 2.75) is 341 Å². The van der Waals surface area contributed by atoms with Gasteiger partial charge in [-0.15, -0.1) is 0 Å². The molecule has 0 aromatic rings. The van der Waals surface area contributed by atoms with Crippen LogP contribution in [0, 0.1) is 0 Å². The van der Waals surface area contributed by atoms with Gasteiger partial charge in [0.1, 0.15) is 19.3 Å². The average molecular weight is 1500 g/mol. The fourth-order valence-electron chi connectivity index (χ4n) is 10.5. The third-order valence-electron chi connectivity index (χ3n) is 16.6. The standard InChI is InChI=1S/C85H144O17P2/c1-5-9-13-17-21-25-29-33-36-38-39-41-43-47-50-54-58-62-66-70-83(88)96-76-81(102-85(90)72-68-64-60-56-52-48-44-40-37-34-30-26-22-18-14-10-6-2)78-100-104(93,94)98-74-79(86)73-97-103(91,92)99-77-80(101-84(89)71-67-63-59-55-51-45-32-28-24-20-16-12-8-4)75-95-82(87)69-65-61-57-53-49-46-42-35-31-27-23-19-15-11-7-3/h9-10,13-14,21-22,25-26,33-37,39,41-42,44,47-48,50,56,60,79-81,86H,5-8,11-12,15-20,23-24,27-32,38,40,43,45-46,49,51-55,57-59,61-78H2,1-4H3,(H,91,92)(H,93,94)/b13-9-,14-10-,25-21-,26-22-,36-33-,37-34-,41-39-,42-35-,48-44-,50-47-,60-56-. The Bertz CT molecular complexity index is 2490. The molecular weight excluding hydrogens is 1350 g/mol. The topological polar surface area (TPSA) is 237 Å². The lowest BCUT2D eigenvalue weighted by Crippen LogP contribution is -2.30. The predicted octanol–water partition coefficient (Wildman–Crippen LogP) is 23.7. The second-order valence-corrected chi connectivity index (χ2v) is 29.5. The molecule has 0 aliphatic carbocycles. The van der Waals surface area contributed by atoms with Crippen molar-refractivity contribution >= 4 is 39.5 Å². The van der Waals surface area contributed by atoms with E-state index in [1.165, 1.54) is 89.9 Å². The maximum atomic E-state index is 13.1. The molecule has 0 bridgehead atoms. The first-order chi connectivity index (χ1) is 50.7. The first-order valence-corrected chi connectivity index (χ1v) is 43.4. The molecule has 0 heterocycles. The smallest absolute Gasteiger partial charge is 0.462 e. The first kappa shape index (κ1) is 99.2. The molecule has 0 spiro atoms. The van der Waals surface area contributed by atoms with Crippen molar-refractivity contribution in [3.05, 3.63) is 134 Å². The van der Waals surface area contributed by atoms with E-state index in [0.29, 0.717) is 32.1 Å². The number of hydrogen-bond donors (Lipinski definition) is 3. The molecule has 0 saturated heterocycles. The molecule has 0 rings (SSSR count). The molecule has 0 fully saturated rings. The molecule has 0 radical (unpaired) electrons. The van der Waals surface area contributed by atoms with Crippen molar-refractivity contribution in [1.82, 2.24) is 0 Å². The highest BCUT2D eigenvalue weighted by Crippen LogP contribution is 2.45. The molecule has 5 atom stereocenters. The van der Waals surface area contributed by atoms with Crippen LogP contribution >= 0.6 is 15.6 Å². The summed E-state index contributed by atoms with van der Waals surface area (Å²) < 4.78 is 68.5. The Hall–Kier alpha value is -4.80. The highest BCUT2D eigenvalue weighted by atomic mass is 31.2. The van der Waals surface area contributed by atoms with Crippen molar-refractivity contribution < 1.29 is 80.2 Å². The summed E-state index contributed by atoms with van der Waals surface area (Å²) in [5, 5.41) is 10.6. The van der Waals surface area contributed by atoms with Crippen molar-refractivity contribution in [1.29, 1.82) is 0 Å². The number of carbonyl (C=O) groups is 4. The van der Waals surface area contributed by atoms with Crippen LogP contribution in [0.25, 0.3) is 0 Å². The summed E-state index contributed by atoms with van der Waals surface area (Å²) in [5.74, 6) is -2.28. The van der Waals surface area contributed by atoms with E-state index in [9.17, 15) is 43.2 Å². The molecule has 17 nitrogen and oxygen atoms in total. The fourth-order valence-corrected chi connectivity index (χ4v) is 12.1. The van der Waals surface area contributed by atoms with E-state index < -0.39 is 97.5 Å². The highest BCUT2D eigenvalue weighted by Gasteiger charge is 2.30. The quantitative estimate of drug-likeness (QED) is 0.0169. The fraction of sp³-hybridized carbons (Fsp3) is 0.694. The molecule has 0 aromatic heterocycles. The summed E-state index contributed by atoms with van der Waals surface area (Å²) in [5.41, 5.74) is 0. The van der Waals surface area contributed by atoms with Crippen LogP contribution in [-0.2, 0) is 65.4 Å². The first-order valence-electron chi connectivity index (χ1n) is 40.4. The van der Waals surface area contributed by atoms with Gasteiger partial charge in [0, 0.05) is 25.7 Å². The lowest BCUT2D eigenvalue weighted by molar-refractivity contribution is -0.161. The summed E-state index contributed by atoms with van der Waals surface area (Å²) in [7, 11) is -9.99. The molecule has 0 aliphatic heterocycles. The second-order valence-electron chi connectivity index (χ2n) is 26.6. The number of phosphoric ester groups is 2. The Kier molecular flexibility index (Phi) is 72.9. The van der Waals surface area contributed by atoms with Crippen molar-refractivity contribution in [2.75, 3.05) is 39.6 Å². The van der Waals surface area contributed by atoms with Gasteiger partial charge in [0.25, 0.3) is 0 Å². The largest absolute Gasteiger partial charge is 0.472 e. The number of ether oxygens (including phenoxy) is 4. The Morgan fingerprint density at radius 1 is 0.279 bits per heavy atom. The third kappa shape index (κ3) is 75.4. The Morgan fingerprint density at radius 3 is 0.827 bits per heavy atom. The lowest BCUT2D eigenvalue weighted by atomic mass is 10.0. The lowest BCUT2D eigenvalue weighted by Gasteiger charge is -2.21. The van der Waals surface area contributed by atoms with Gasteiger partial charge in [-0.2, -0.15) is 0 Å². The maximum absolute atomic E-state index is 13.1. The van der Waals surface area contributed by atoms with Crippen molar-refractivity contribution in [2.24, 2.45) is 0 Å². The zero-order valence-corrected chi connectivity index (χ0v) is 66.9. The van der Waals surface area contributed by atoms with Gasteiger partial charge in [0.2, 0.25) is 0 Å². The van der Waals surface area contributed by atoms with E-state index in [-0.39, 0.29) is 25.7 Å². The molecule has 5 unspecified atom stereocenters. The molecule has 596 valence electrons. The van der Waals surface area contributed by atoms with Crippen LogP contribution in [0.2, 0.25) is 0 Å². The van der Waals surface area contributed by atoms with Gasteiger partial charge in [0.15, 0.2) is 12.2 Å². The van der Waals surface area contributed by atoms with E-state index in [2.05, 4.69) is 149 Å². The number of allylic oxidation sites excluding steroid dienone is 22. The molecule has 0 aromatic carbocycles. The number of hydrogen-bond acceptors (Lipinski definition) is 15. The van der Waals surface area contributed by atoms with Crippen LogP contribution in [0.5, 0.6) is 0 Å². The van der Waals surface area contributed by atoms with E-state index in [1.807, 2.05) is 12.2 Å². The van der Waals surface area contributed by atoms with Crippen LogP contribution in [0.4, 0.5) is 0 Å². The Balaban J connectivity index is 5.44. The number of aliphatic hydroxyl groups is 1. The normalized spacial score (nSPS) is 14.6. The zero-order chi connectivity index (χ0) is 76.0. The molecule has 0 saturated carbocycles. The van der Waals surface area contributed by atoms with Gasteiger partial charge in [-0.05, 0) is 135 Å². The van der Waals surface area contributed by atoms with Crippen LogP contribution in [-0.4, -0.2) is 96.7 Å². The molecule has 19 heteroatoms. The summed E-state index contributed by atoms with van der Waals surface area (Å²) in [6, 6.07) is 0. The second kappa shape index (κ2) is 76.4. The number of rotatable bonds is 75. The molecule has 0 amide bonds. The minimum Gasteiger partial charge on any atom is -0.462 e. The van der Waals surface area contributed by atoms with Gasteiger partial charge in [-0.1, -0.05) is 296 Å². The number of aliphatic hydroxyl groups excluding tert-OH is 1. The number of unbranched alkanes of at least 4 members (excludes halogenated alkanes) is 27. The van der Waals surface area contributed by atoms with Gasteiger partial charge in [0.05, 0.1) is 26.4 Å². The van der Waals surface area contributed by atoms with Crippen LogP contribution < -0.4 is 0 Å². The summed E-state index contributed by atoms with van der Waals surface area (Å²) in [6.45, 7) is 4.55. The SMILES string of the molecule is CC/C=C\C/C=C\C/C=C\C/C=C\C/C=C\CCCCCC(=O)OCC(COP(=O)(O)OCC(O)COP(=O)(O)OCC(COC(=O)CCCCCCC/C=C\CCCCCCCC)OC(=O)CCCCCCCCCCCCCCC)OC(=O)CCC/C=C\C/C=C\C/C=C\C/C=C\C/C=C\CC. The predicted molar refractivity (Wildman–Crippen MR) is 427 cm³/mol. The molecule has 3 N–H and O–H groups in total.